The predicted molar refractivity (Wildman–Crippen MR) is 91.6 cm³/mol. The van der Waals surface area contributed by atoms with Crippen LogP contribution in [0.1, 0.15) is 12.8 Å². The predicted octanol–water partition coefficient (Wildman–Crippen LogP) is -5.81. The van der Waals surface area contributed by atoms with Crippen molar-refractivity contribution in [1.82, 2.24) is 16.0 Å². The molecule has 15 heteroatoms. The van der Waals surface area contributed by atoms with Crippen LogP contribution in [-0.4, -0.2) is 93.4 Å². The van der Waals surface area contributed by atoms with E-state index in [2.05, 4.69) is 0 Å². The lowest BCUT2D eigenvalue weighted by atomic mass is 10.1. The molecule has 0 aliphatic heterocycles. The molecule has 0 radical (unpaired) electrons. The summed E-state index contributed by atoms with van der Waals surface area (Å²) in [5.41, 5.74) is 10.3. The summed E-state index contributed by atoms with van der Waals surface area (Å²) in [5.74, 6) is -7.66. The van der Waals surface area contributed by atoms with Gasteiger partial charge in [0.2, 0.25) is 23.6 Å². The van der Waals surface area contributed by atoms with Crippen molar-refractivity contribution in [2.75, 3.05) is 13.2 Å². The first-order valence-corrected chi connectivity index (χ1v) is 8.04. The monoisotopic (exact) mass is 421 g/mol. The van der Waals surface area contributed by atoms with Crippen LogP contribution in [0.3, 0.4) is 0 Å². The zero-order valence-electron chi connectivity index (χ0n) is 15.0. The van der Waals surface area contributed by atoms with Gasteiger partial charge in [0.15, 0.2) is 0 Å². The van der Waals surface area contributed by atoms with Gasteiger partial charge in [-0.2, -0.15) is 0 Å². The van der Waals surface area contributed by atoms with E-state index in [1.807, 2.05) is 16.0 Å². The van der Waals surface area contributed by atoms with Crippen LogP contribution in [-0.2, 0) is 28.8 Å². The lowest BCUT2D eigenvalue weighted by Crippen LogP contribution is -2.58. The average Bonchev–Trinajstić information content (AvgIpc) is 2.62. The number of carboxylic acids is 2. The Morgan fingerprint density at radius 3 is 1.55 bits per heavy atom. The summed E-state index contributed by atoms with van der Waals surface area (Å²) in [6.07, 6.45) is -1.73. The van der Waals surface area contributed by atoms with E-state index in [-0.39, 0.29) is 0 Å². The van der Waals surface area contributed by atoms with Gasteiger partial charge in [-0.3, -0.25) is 24.0 Å². The number of rotatable bonds is 13. The molecule has 0 rings (SSSR count). The number of primary amides is 1. The first-order chi connectivity index (χ1) is 13.4. The Hall–Kier alpha value is -3.30. The normalized spacial score (nSPS) is 14.6. The first kappa shape index (κ1) is 25.7. The molecular formula is C14H23N5O10. The van der Waals surface area contributed by atoms with Gasteiger partial charge in [-0.15, -0.1) is 0 Å². The van der Waals surface area contributed by atoms with Crippen molar-refractivity contribution in [3.63, 3.8) is 0 Å². The lowest BCUT2D eigenvalue weighted by molar-refractivity contribution is -0.144. The van der Waals surface area contributed by atoms with Gasteiger partial charge in [-0.1, -0.05) is 0 Å². The Morgan fingerprint density at radius 1 is 0.724 bits per heavy atom. The molecule has 4 amide bonds. The Kier molecular flexibility index (Phi) is 10.8. The van der Waals surface area contributed by atoms with E-state index in [1.165, 1.54) is 0 Å². The number of nitrogens with one attached hydrogen (secondary N) is 3. The van der Waals surface area contributed by atoms with Crippen molar-refractivity contribution in [3.05, 3.63) is 0 Å². The maximum atomic E-state index is 12.3. The fourth-order valence-electron chi connectivity index (χ4n) is 1.89. The third-order valence-corrected chi connectivity index (χ3v) is 3.38. The van der Waals surface area contributed by atoms with Crippen LogP contribution < -0.4 is 27.4 Å². The van der Waals surface area contributed by atoms with E-state index in [9.17, 15) is 28.8 Å². The minimum Gasteiger partial charge on any atom is -0.481 e. The quantitative estimate of drug-likeness (QED) is 0.135. The van der Waals surface area contributed by atoms with E-state index < -0.39 is 85.8 Å². The van der Waals surface area contributed by atoms with Gasteiger partial charge in [-0.05, 0) is 0 Å². The zero-order chi connectivity index (χ0) is 22.7. The smallest absolute Gasteiger partial charge is 0.328 e. The van der Waals surface area contributed by atoms with Gasteiger partial charge in [-0.25, -0.2) is 4.79 Å². The molecule has 0 saturated carbocycles. The SMILES string of the molecule is NC(=O)CC(NC(=O)C(N)CO)C(=O)NC(CC(=O)O)C(=O)NC(CO)C(=O)O. The summed E-state index contributed by atoms with van der Waals surface area (Å²) in [7, 11) is 0. The van der Waals surface area contributed by atoms with Crippen LogP contribution in [0.4, 0.5) is 0 Å². The van der Waals surface area contributed by atoms with E-state index in [4.69, 9.17) is 31.9 Å². The zero-order valence-corrected chi connectivity index (χ0v) is 15.0. The number of aliphatic carboxylic acids is 2. The van der Waals surface area contributed by atoms with Crippen LogP contribution in [0.15, 0.2) is 0 Å². The van der Waals surface area contributed by atoms with Crippen LogP contribution in [0.25, 0.3) is 0 Å². The maximum absolute atomic E-state index is 12.3. The van der Waals surface area contributed by atoms with Gasteiger partial charge >= 0.3 is 11.9 Å². The fraction of sp³-hybridized carbons (Fsp3) is 0.571. The van der Waals surface area contributed by atoms with Gasteiger partial charge in [0.1, 0.15) is 24.2 Å². The summed E-state index contributed by atoms with van der Waals surface area (Å²) < 4.78 is 0. The minimum absolute atomic E-state index is 0.745. The van der Waals surface area contributed by atoms with Gasteiger partial charge in [0, 0.05) is 0 Å². The summed E-state index contributed by atoms with van der Waals surface area (Å²) in [6.45, 7) is -1.78. The highest BCUT2D eigenvalue weighted by atomic mass is 16.4. The molecule has 164 valence electrons. The molecular weight excluding hydrogens is 398 g/mol. The minimum atomic E-state index is -1.81. The van der Waals surface area contributed by atoms with Gasteiger partial charge < -0.3 is 47.8 Å². The third kappa shape index (κ3) is 9.45. The molecule has 4 unspecified atom stereocenters. The second kappa shape index (κ2) is 12.2. The summed E-state index contributed by atoms with van der Waals surface area (Å²) in [5, 5.41) is 41.3. The molecule has 15 nitrogen and oxygen atoms in total. The summed E-state index contributed by atoms with van der Waals surface area (Å²) in [4.78, 5) is 69.1. The van der Waals surface area contributed by atoms with Crippen molar-refractivity contribution >= 4 is 35.6 Å². The molecule has 0 heterocycles. The highest BCUT2D eigenvalue weighted by molar-refractivity contribution is 5.97. The van der Waals surface area contributed by atoms with Crippen LogP contribution in [0.5, 0.6) is 0 Å². The van der Waals surface area contributed by atoms with Crippen LogP contribution in [0, 0.1) is 0 Å². The largest absolute Gasteiger partial charge is 0.481 e. The van der Waals surface area contributed by atoms with Crippen molar-refractivity contribution in [2.45, 2.75) is 37.0 Å². The molecule has 0 spiro atoms. The number of amides is 4. The Balaban J connectivity index is 5.42. The van der Waals surface area contributed by atoms with Crippen molar-refractivity contribution < 1.29 is 49.2 Å². The van der Waals surface area contributed by atoms with Crippen LogP contribution >= 0.6 is 0 Å². The number of carboxylic acid groups (broad SMARTS) is 2. The molecule has 11 N–H and O–H groups in total. The van der Waals surface area contributed by atoms with E-state index in [0.717, 1.165) is 0 Å². The van der Waals surface area contributed by atoms with Gasteiger partial charge in [0.05, 0.1) is 26.1 Å². The third-order valence-electron chi connectivity index (χ3n) is 3.38. The molecule has 0 fully saturated rings. The molecule has 0 bridgehead atoms. The molecule has 0 aliphatic carbocycles. The number of aliphatic hydroxyl groups is 2. The molecule has 0 saturated heterocycles. The Morgan fingerprint density at radius 2 is 1.17 bits per heavy atom. The number of aliphatic hydroxyl groups excluding tert-OH is 2. The Labute approximate surface area is 163 Å². The molecule has 4 atom stereocenters. The Bertz CT molecular complexity index is 655. The summed E-state index contributed by atoms with van der Waals surface area (Å²) >= 11 is 0. The number of hydrogen-bond acceptors (Lipinski definition) is 9. The summed E-state index contributed by atoms with van der Waals surface area (Å²) in [6, 6.07) is -6.67. The number of hydrogen-bond donors (Lipinski definition) is 9. The molecule has 29 heavy (non-hydrogen) atoms. The number of nitrogens with two attached hydrogens (primary N) is 2. The standard InChI is InChI=1S/C14H23N5O10/c15-5(3-20)11(25)17-6(1-9(16)22)12(26)18-7(2-10(23)24)13(27)19-8(4-21)14(28)29/h5-8,20-21H,1-4,15H2,(H2,16,22)(H,17,25)(H,18,26)(H,19,27)(H,23,24)(H,28,29). The van der Waals surface area contributed by atoms with E-state index in [0.29, 0.717) is 0 Å². The topological polar surface area (TPSA) is 271 Å². The fourth-order valence-corrected chi connectivity index (χ4v) is 1.89. The van der Waals surface area contributed by atoms with Gasteiger partial charge in [0.25, 0.3) is 0 Å². The van der Waals surface area contributed by atoms with Crippen molar-refractivity contribution in [1.29, 1.82) is 0 Å². The van der Waals surface area contributed by atoms with Crippen LogP contribution in [0.2, 0.25) is 0 Å². The maximum Gasteiger partial charge on any atom is 0.328 e. The molecule has 0 aromatic heterocycles. The second-order valence-corrected chi connectivity index (χ2v) is 5.76. The highest BCUT2D eigenvalue weighted by Crippen LogP contribution is 2.00. The lowest BCUT2D eigenvalue weighted by Gasteiger charge is -2.23. The second-order valence-electron chi connectivity index (χ2n) is 5.76. The van der Waals surface area contributed by atoms with E-state index >= 15 is 0 Å². The highest BCUT2D eigenvalue weighted by Gasteiger charge is 2.32. The van der Waals surface area contributed by atoms with E-state index in [1.54, 1.807) is 0 Å². The first-order valence-electron chi connectivity index (χ1n) is 8.04. The van der Waals surface area contributed by atoms with Crippen molar-refractivity contribution in [2.24, 2.45) is 11.5 Å². The number of carbonyl (C=O) groups is 6. The van der Waals surface area contributed by atoms with Crippen molar-refractivity contribution in [3.8, 4) is 0 Å². The molecule has 0 aromatic rings. The number of carbonyl (C=O) groups excluding carboxylic acids is 4. The molecule has 0 aromatic carbocycles. The molecule has 0 aliphatic rings. The average molecular weight is 421 g/mol.